The molecule has 3 rings (SSSR count). The van der Waals surface area contributed by atoms with Gasteiger partial charge in [0.15, 0.2) is 18.4 Å². The lowest BCUT2D eigenvalue weighted by atomic mass is 10.2. The molecule has 0 saturated heterocycles. The fourth-order valence-corrected chi connectivity index (χ4v) is 2.49. The first-order valence-electron chi connectivity index (χ1n) is 8.33. The third kappa shape index (κ3) is 4.26. The van der Waals surface area contributed by atoms with Gasteiger partial charge >= 0.3 is 5.69 Å². The number of ether oxygens (including phenoxy) is 2. The molecule has 1 aliphatic rings. The van der Waals surface area contributed by atoms with Crippen LogP contribution < -0.4 is 15.3 Å². The van der Waals surface area contributed by atoms with Crippen LogP contribution in [0.5, 0.6) is 5.88 Å². The van der Waals surface area contributed by atoms with Gasteiger partial charge in [-0.2, -0.15) is 4.98 Å². The van der Waals surface area contributed by atoms with Crippen LogP contribution >= 0.6 is 0 Å². The molecule has 0 aliphatic carbocycles. The molecule has 0 spiro atoms. The predicted octanol–water partition coefficient (Wildman–Crippen LogP) is 1.01. The van der Waals surface area contributed by atoms with Crippen molar-refractivity contribution in [1.29, 1.82) is 0 Å². The zero-order valence-corrected chi connectivity index (χ0v) is 15.2. The maximum Gasteiger partial charge on any atom is 0.347 e. The highest BCUT2D eigenvalue weighted by Gasteiger charge is 2.26. The summed E-state index contributed by atoms with van der Waals surface area (Å²) in [5, 5.41) is 18.5. The van der Waals surface area contributed by atoms with Gasteiger partial charge in [-0.05, 0) is 13.3 Å². The van der Waals surface area contributed by atoms with Crippen molar-refractivity contribution in [2.75, 3.05) is 24.8 Å². The lowest BCUT2D eigenvalue weighted by Crippen LogP contribution is -2.36. The summed E-state index contributed by atoms with van der Waals surface area (Å²) < 4.78 is 24.6. The van der Waals surface area contributed by atoms with Crippen LogP contribution in [0.2, 0.25) is 0 Å². The Labute approximate surface area is 149 Å². The monoisotopic (exact) mass is 370 g/mol. The van der Waals surface area contributed by atoms with Gasteiger partial charge in [-0.1, -0.05) is 13.8 Å². The molecule has 0 atom stereocenters. The van der Waals surface area contributed by atoms with Crippen molar-refractivity contribution in [2.45, 2.75) is 40.1 Å². The molecule has 2 aromatic heterocycles. The van der Waals surface area contributed by atoms with Gasteiger partial charge in [0.25, 0.3) is 5.97 Å². The molecule has 1 aliphatic heterocycles. The zero-order chi connectivity index (χ0) is 19.5. The summed E-state index contributed by atoms with van der Waals surface area (Å²) in [6, 6.07) is 0. The fraction of sp³-hybridized carbons (Fsp3) is 0.562. The number of pyridine rings is 1. The number of rotatable bonds is 5. The molecular weight excluding hydrogens is 347 g/mol. The van der Waals surface area contributed by atoms with Crippen molar-refractivity contribution in [3.05, 3.63) is 22.0 Å². The molecule has 9 nitrogen and oxygen atoms in total. The molecule has 3 N–H and O–H groups in total. The predicted molar refractivity (Wildman–Crippen MR) is 92.5 cm³/mol. The molecule has 0 radical (unpaired) electrons. The van der Waals surface area contributed by atoms with E-state index < -0.39 is 17.5 Å². The minimum Gasteiger partial charge on any atom is -0.456 e. The topological polar surface area (TPSA) is 121 Å². The molecule has 2 aromatic rings. The molecule has 0 fully saturated rings. The van der Waals surface area contributed by atoms with E-state index in [4.69, 9.17) is 19.7 Å². The fourth-order valence-electron chi connectivity index (χ4n) is 2.49. The van der Waals surface area contributed by atoms with E-state index in [0.717, 1.165) is 6.92 Å². The van der Waals surface area contributed by atoms with E-state index in [1.165, 1.54) is 6.92 Å². The van der Waals surface area contributed by atoms with E-state index >= 15 is 0 Å². The number of halogens is 1. The standard InChI is InChI=1S/C14H17FN4O5.C2H6/c1-7-9(15)10-8-11(18-13(20)17-10)19(6-23-12(8)16-7)4-3-5-24-14(2,21)22;1-2/h21-22H,3-6H2,1-2H3,(H,17,18,20);1-2H3. The number of aromatic nitrogens is 3. The second-order valence-electron chi connectivity index (χ2n) is 5.60. The summed E-state index contributed by atoms with van der Waals surface area (Å²) in [5.41, 5.74) is -0.543. The van der Waals surface area contributed by atoms with E-state index in [-0.39, 0.29) is 36.2 Å². The molecule has 144 valence electrons. The van der Waals surface area contributed by atoms with Crippen molar-refractivity contribution >= 4 is 16.7 Å². The van der Waals surface area contributed by atoms with Crippen LogP contribution in [0.25, 0.3) is 10.9 Å². The Morgan fingerprint density at radius 2 is 2.08 bits per heavy atom. The van der Waals surface area contributed by atoms with Crippen LogP contribution in [0.15, 0.2) is 4.79 Å². The first kappa shape index (κ1) is 20.0. The Bertz CT molecular complexity index is 834. The molecule has 10 heteroatoms. The average Bonchev–Trinajstić information content (AvgIpc) is 2.58. The summed E-state index contributed by atoms with van der Waals surface area (Å²) in [4.78, 5) is 23.7. The molecule has 0 saturated carbocycles. The highest BCUT2D eigenvalue weighted by Crippen LogP contribution is 2.35. The molecule has 0 unspecified atom stereocenters. The largest absolute Gasteiger partial charge is 0.456 e. The van der Waals surface area contributed by atoms with Crippen LogP contribution in [0.4, 0.5) is 10.2 Å². The maximum atomic E-state index is 14.3. The summed E-state index contributed by atoms with van der Waals surface area (Å²) in [6.45, 7) is 7.10. The number of aromatic amines is 1. The summed E-state index contributed by atoms with van der Waals surface area (Å²) in [5.74, 6) is -2.34. The number of nitrogens with zero attached hydrogens (tertiary/aromatic N) is 3. The van der Waals surface area contributed by atoms with Crippen LogP contribution in [-0.4, -0.2) is 51.0 Å². The SMILES string of the molecule is CC.Cc1nc2c3c(nc(=O)[nH]c3c1F)N(CCCOC(C)(O)O)CO2. The second kappa shape index (κ2) is 7.94. The number of hydrogen-bond donors (Lipinski definition) is 3. The third-order valence-electron chi connectivity index (χ3n) is 3.54. The number of aryl methyl sites for hydroxylation is 1. The summed E-state index contributed by atoms with van der Waals surface area (Å²) in [6.07, 6.45) is 0.410. The normalized spacial score (nSPS) is 13.3. The minimum atomic E-state index is -2.20. The molecule has 3 heterocycles. The minimum absolute atomic E-state index is 0.00624. The van der Waals surface area contributed by atoms with Crippen LogP contribution in [0.3, 0.4) is 0 Å². The van der Waals surface area contributed by atoms with E-state index in [2.05, 4.69) is 15.0 Å². The molecule has 0 amide bonds. The van der Waals surface area contributed by atoms with Crippen LogP contribution in [-0.2, 0) is 4.74 Å². The Balaban J connectivity index is 0.00000117. The van der Waals surface area contributed by atoms with Gasteiger partial charge in [-0.15, -0.1) is 0 Å². The molecule has 26 heavy (non-hydrogen) atoms. The van der Waals surface area contributed by atoms with E-state index in [0.29, 0.717) is 18.4 Å². The van der Waals surface area contributed by atoms with Gasteiger partial charge in [0.1, 0.15) is 5.39 Å². The van der Waals surface area contributed by atoms with Gasteiger partial charge in [-0.25, -0.2) is 14.2 Å². The lowest BCUT2D eigenvalue weighted by molar-refractivity contribution is -0.324. The third-order valence-corrected chi connectivity index (χ3v) is 3.54. The number of aliphatic hydroxyl groups is 2. The van der Waals surface area contributed by atoms with Gasteiger partial charge in [0, 0.05) is 13.5 Å². The number of anilines is 1. The molecular formula is C16H23FN4O5. The van der Waals surface area contributed by atoms with Crippen molar-refractivity contribution < 1.29 is 24.1 Å². The average molecular weight is 370 g/mol. The Morgan fingerprint density at radius 3 is 2.73 bits per heavy atom. The van der Waals surface area contributed by atoms with Crippen LogP contribution in [0, 0.1) is 12.7 Å². The highest BCUT2D eigenvalue weighted by atomic mass is 19.1. The van der Waals surface area contributed by atoms with Crippen molar-refractivity contribution in [3.63, 3.8) is 0 Å². The number of H-pyrrole nitrogens is 1. The number of hydrogen-bond acceptors (Lipinski definition) is 8. The van der Waals surface area contributed by atoms with Gasteiger partial charge in [0.05, 0.1) is 17.8 Å². The maximum absolute atomic E-state index is 14.3. The molecule has 0 bridgehead atoms. The van der Waals surface area contributed by atoms with E-state index in [1.807, 2.05) is 13.8 Å². The van der Waals surface area contributed by atoms with Crippen molar-refractivity contribution in [3.8, 4) is 5.88 Å². The van der Waals surface area contributed by atoms with Gasteiger partial charge in [0.2, 0.25) is 5.88 Å². The van der Waals surface area contributed by atoms with E-state index in [9.17, 15) is 9.18 Å². The van der Waals surface area contributed by atoms with Crippen LogP contribution in [0.1, 0.15) is 32.9 Å². The van der Waals surface area contributed by atoms with Gasteiger partial charge < -0.3 is 29.6 Å². The Hall–Kier alpha value is -2.30. The van der Waals surface area contributed by atoms with Gasteiger partial charge in [-0.3, -0.25) is 0 Å². The van der Waals surface area contributed by atoms with Crippen molar-refractivity contribution in [2.24, 2.45) is 0 Å². The zero-order valence-electron chi connectivity index (χ0n) is 15.2. The lowest BCUT2D eigenvalue weighted by Gasteiger charge is -2.29. The quantitative estimate of drug-likeness (QED) is 0.527. The number of nitrogens with one attached hydrogen (secondary N) is 1. The second-order valence-corrected chi connectivity index (χ2v) is 5.60. The van der Waals surface area contributed by atoms with E-state index in [1.54, 1.807) is 4.90 Å². The first-order valence-corrected chi connectivity index (χ1v) is 8.33. The smallest absolute Gasteiger partial charge is 0.347 e. The first-order chi connectivity index (χ1) is 12.3. The molecule has 0 aromatic carbocycles. The Morgan fingerprint density at radius 1 is 1.38 bits per heavy atom. The highest BCUT2D eigenvalue weighted by molar-refractivity contribution is 5.95. The summed E-state index contributed by atoms with van der Waals surface area (Å²) in [7, 11) is 0. The summed E-state index contributed by atoms with van der Waals surface area (Å²) >= 11 is 0. The Kier molecular flexibility index (Phi) is 6.11. The van der Waals surface area contributed by atoms with Crippen molar-refractivity contribution in [1.82, 2.24) is 15.0 Å².